The zero-order valence-corrected chi connectivity index (χ0v) is 19.0. The summed E-state index contributed by atoms with van der Waals surface area (Å²) in [6.07, 6.45) is 0.284. The molecule has 11 heteroatoms. The van der Waals surface area contributed by atoms with Crippen LogP contribution in [-0.2, 0) is 19.6 Å². The molecule has 0 bridgehead atoms. The second-order valence-electron chi connectivity index (χ2n) is 7.14. The van der Waals surface area contributed by atoms with E-state index in [1.54, 1.807) is 0 Å². The van der Waals surface area contributed by atoms with Crippen LogP contribution in [0.2, 0.25) is 5.02 Å². The lowest BCUT2D eigenvalue weighted by atomic mass is 10.2. The molecule has 0 unspecified atom stereocenters. The van der Waals surface area contributed by atoms with Gasteiger partial charge >= 0.3 is 5.97 Å². The third-order valence-corrected chi connectivity index (χ3v) is 7.16. The molecular formula is C21H22ClFN2O6S. The number of benzene rings is 2. The van der Waals surface area contributed by atoms with E-state index >= 15 is 0 Å². The number of carbonyl (C=O) groups excluding carboxylic acids is 2. The number of ether oxygens (including phenoxy) is 2. The van der Waals surface area contributed by atoms with Gasteiger partial charge in [0.2, 0.25) is 10.0 Å². The molecule has 2 aromatic carbocycles. The van der Waals surface area contributed by atoms with Crippen LogP contribution in [0.5, 0.6) is 5.75 Å². The minimum Gasteiger partial charge on any atom is -0.495 e. The van der Waals surface area contributed by atoms with Crippen molar-refractivity contribution in [1.82, 2.24) is 4.31 Å². The van der Waals surface area contributed by atoms with Gasteiger partial charge < -0.3 is 14.8 Å². The van der Waals surface area contributed by atoms with Crippen LogP contribution in [0.1, 0.15) is 30.1 Å². The zero-order valence-electron chi connectivity index (χ0n) is 17.4. The van der Waals surface area contributed by atoms with Crippen molar-refractivity contribution in [1.29, 1.82) is 0 Å². The Labute approximate surface area is 190 Å². The molecule has 1 fully saturated rings. The number of halogens is 2. The summed E-state index contributed by atoms with van der Waals surface area (Å²) in [4.78, 5) is 24.8. The Balaban J connectivity index is 1.76. The Bertz CT molecular complexity index is 1140. The Kier molecular flexibility index (Phi) is 7.37. The summed E-state index contributed by atoms with van der Waals surface area (Å²) in [5.41, 5.74) is 0.104. The van der Waals surface area contributed by atoms with E-state index in [0.717, 1.165) is 25.0 Å². The Morgan fingerprint density at radius 3 is 2.47 bits per heavy atom. The lowest BCUT2D eigenvalue weighted by Gasteiger charge is -2.18. The topological polar surface area (TPSA) is 102 Å². The molecule has 0 aromatic heterocycles. The molecule has 0 radical (unpaired) electrons. The van der Waals surface area contributed by atoms with Crippen molar-refractivity contribution in [3.8, 4) is 5.75 Å². The minimum absolute atomic E-state index is 0.0104. The van der Waals surface area contributed by atoms with Gasteiger partial charge in [-0.1, -0.05) is 11.6 Å². The predicted octanol–water partition coefficient (Wildman–Crippen LogP) is 3.46. The summed E-state index contributed by atoms with van der Waals surface area (Å²) in [6, 6.07) is 7.33. The monoisotopic (exact) mass is 484 g/mol. The SMILES string of the molecule is COc1ccc(C(=O)O[C@H](C)C(=O)Nc2ccc(F)cc2Cl)cc1S(=O)(=O)N1CCCC1. The fourth-order valence-corrected chi connectivity index (χ4v) is 5.09. The summed E-state index contributed by atoms with van der Waals surface area (Å²) < 4.78 is 50.8. The van der Waals surface area contributed by atoms with Crippen molar-refractivity contribution >= 4 is 39.2 Å². The Morgan fingerprint density at radius 2 is 1.84 bits per heavy atom. The fourth-order valence-electron chi connectivity index (χ4n) is 3.18. The molecule has 1 N–H and O–H groups in total. The number of esters is 1. The van der Waals surface area contributed by atoms with Gasteiger partial charge in [0, 0.05) is 13.1 Å². The minimum atomic E-state index is -3.86. The molecule has 0 saturated carbocycles. The van der Waals surface area contributed by atoms with Gasteiger partial charge in [0.15, 0.2) is 6.10 Å². The average Bonchev–Trinajstić information content (AvgIpc) is 3.31. The summed E-state index contributed by atoms with van der Waals surface area (Å²) in [6.45, 7) is 2.13. The predicted molar refractivity (Wildman–Crippen MR) is 116 cm³/mol. The van der Waals surface area contributed by atoms with Crippen LogP contribution in [0.15, 0.2) is 41.3 Å². The van der Waals surface area contributed by atoms with Crippen molar-refractivity contribution in [3.05, 3.63) is 52.8 Å². The average molecular weight is 485 g/mol. The maximum absolute atomic E-state index is 13.2. The highest BCUT2D eigenvalue weighted by Gasteiger charge is 2.31. The summed E-state index contributed by atoms with van der Waals surface area (Å²) in [5.74, 6) is -2.04. The number of sulfonamides is 1. The van der Waals surface area contributed by atoms with E-state index in [2.05, 4.69) is 5.32 Å². The molecule has 0 aliphatic carbocycles. The highest BCUT2D eigenvalue weighted by molar-refractivity contribution is 7.89. The van der Waals surface area contributed by atoms with Gasteiger partial charge in [0.1, 0.15) is 16.5 Å². The lowest BCUT2D eigenvalue weighted by Crippen LogP contribution is -2.30. The quantitative estimate of drug-likeness (QED) is 0.604. The van der Waals surface area contributed by atoms with E-state index in [4.69, 9.17) is 21.1 Å². The van der Waals surface area contributed by atoms with Crippen molar-refractivity contribution in [3.63, 3.8) is 0 Å². The molecule has 1 aliphatic rings. The van der Waals surface area contributed by atoms with Gasteiger partial charge in [0.05, 0.1) is 23.4 Å². The zero-order chi connectivity index (χ0) is 23.5. The second-order valence-corrected chi connectivity index (χ2v) is 9.45. The number of anilines is 1. The third kappa shape index (κ3) is 5.20. The number of amides is 1. The first kappa shape index (κ1) is 24.0. The highest BCUT2D eigenvalue weighted by atomic mass is 35.5. The van der Waals surface area contributed by atoms with Crippen molar-refractivity contribution in [2.24, 2.45) is 0 Å². The van der Waals surface area contributed by atoms with Crippen LogP contribution in [0.3, 0.4) is 0 Å². The Morgan fingerprint density at radius 1 is 1.16 bits per heavy atom. The molecule has 172 valence electrons. The summed E-state index contributed by atoms with van der Waals surface area (Å²) >= 11 is 5.89. The Hall–Kier alpha value is -2.69. The van der Waals surface area contributed by atoms with Crippen LogP contribution >= 0.6 is 11.6 Å². The smallest absolute Gasteiger partial charge is 0.338 e. The van der Waals surface area contributed by atoms with Crippen LogP contribution in [0.25, 0.3) is 0 Å². The highest BCUT2D eigenvalue weighted by Crippen LogP contribution is 2.30. The van der Waals surface area contributed by atoms with E-state index in [0.29, 0.717) is 13.1 Å². The van der Waals surface area contributed by atoms with Crippen molar-refractivity contribution < 1.29 is 31.9 Å². The number of carbonyl (C=O) groups is 2. The standard InChI is InChI=1S/C21H22ClFN2O6S/c1-13(20(26)24-17-7-6-15(23)12-16(17)22)31-21(27)14-5-8-18(30-2)19(11-14)32(28,29)25-9-3-4-10-25/h5-8,11-13H,3-4,9-10H2,1-2H3,(H,24,26)/t13-/m1/s1. The van der Waals surface area contributed by atoms with Crippen LogP contribution < -0.4 is 10.1 Å². The fraction of sp³-hybridized carbons (Fsp3) is 0.333. The first-order valence-electron chi connectivity index (χ1n) is 9.78. The summed E-state index contributed by atoms with van der Waals surface area (Å²) in [7, 11) is -2.52. The van der Waals surface area contributed by atoms with Gasteiger partial charge in [0.25, 0.3) is 5.91 Å². The third-order valence-electron chi connectivity index (χ3n) is 4.92. The van der Waals surface area contributed by atoms with Crippen LogP contribution in [0.4, 0.5) is 10.1 Å². The molecule has 1 amide bonds. The molecular weight excluding hydrogens is 463 g/mol. The number of methoxy groups -OCH3 is 1. The summed E-state index contributed by atoms with van der Waals surface area (Å²) in [5, 5.41) is 2.44. The van der Waals surface area contributed by atoms with E-state index < -0.39 is 33.8 Å². The molecule has 1 aliphatic heterocycles. The number of hydrogen-bond donors (Lipinski definition) is 1. The largest absolute Gasteiger partial charge is 0.495 e. The first-order chi connectivity index (χ1) is 15.1. The normalized spacial score (nSPS) is 15.2. The van der Waals surface area contributed by atoms with E-state index in [1.807, 2.05) is 0 Å². The number of nitrogens with zero attached hydrogens (tertiary/aromatic N) is 1. The number of nitrogens with one attached hydrogen (secondary N) is 1. The number of hydrogen-bond acceptors (Lipinski definition) is 6. The van der Waals surface area contributed by atoms with Gasteiger partial charge in [-0.05, 0) is 56.2 Å². The van der Waals surface area contributed by atoms with E-state index in [-0.39, 0.29) is 26.9 Å². The maximum atomic E-state index is 13.2. The molecule has 2 aromatic rings. The van der Waals surface area contributed by atoms with Gasteiger partial charge in [-0.2, -0.15) is 4.31 Å². The maximum Gasteiger partial charge on any atom is 0.338 e. The molecule has 8 nitrogen and oxygen atoms in total. The molecule has 1 saturated heterocycles. The lowest BCUT2D eigenvalue weighted by molar-refractivity contribution is -0.123. The van der Waals surface area contributed by atoms with E-state index in [1.165, 1.54) is 42.6 Å². The first-order valence-corrected chi connectivity index (χ1v) is 11.6. The molecule has 32 heavy (non-hydrogen) atoms. The second kappa shape index (κ2) is 9.85. The molecule has 3 rings (SSSR count). The van der Waals surface area contributed by atoms with Gasteiger partial charge in [-0.15, -0.1) is 0 Å². The van der Waals surface area contributed by atoms with Gasteiger partial charge in [-0.25, -0.2) is 17.6 Å². The van der Waals surface area contributed by atoms with Crippen molar-refractivity contribution in [2.75, 3.05) is 25.5 Å². The molecule has 1 atom stereocenters. The van der Waals surface area contributed by atoms with Crippen molar-refractivity contribution in [2.45, 2.75) is 30.8 Å². The molecule has 0 spiro atoms. The molecule has 1 heterocycles. The van der Waals surface area contributed by atoms with Crippen LogP contribution in [0, 0.1) is 5.82 Å². The van der Waals surface area contributed by atoms with E-state index in [9.17, 15) is 22.4 Å². The van der Waals surface area contributed by atoms with Gasteiger partial charge in [-0.3, -0.25) is 4.79 Å². The van der Waals surface area contributed by atoms with Crippen LogP contribution in [-0.4, -0.2) is 50.9 Å². The number of rotatable bonds is 7.